The van der Waals surface area contributed by atoms with E-state index in [1.54, 1.807) is 14.0 Å². The maximum atomic E-state index is 13.7. The first kappa shape index (κ1) is 22.0. The third kappa shape index (κ3) is 3.89. The van der Waals surface area contributed by atoms with Gasteiger partial charge in [0, 0.05) is 25.9 Å². The lowest BCUT2D eigenvalue weighted by Gasteiger charge is -2.29. The van der Waals surface area contributed by atoms with E-state index < -0.39 is 5.41 Å². The van der Waals surface area contributed by atoms with Crippen molar-refractivity contribution in [3.05, 3.63) is 71.5 Å². The van der Waals surface area contributed by atoms with Crippen molar-refractivity contribution in [3.63, 3.8) is 0 Å². The molecule has 1 aromatic heterocycles. The quantitative estimate of drug-likeness (QED) is 0.504. The Morgan fingerprint density at radius 2 is 1.74 bits per heavy atom. The summed E-state index contributed by atoms with van der Waals surface area (Å²) < 4.78 is 4.73. The van der Waals surface area contributed by atoms with Crippen molar-refractivity contribution in [2.75, 3.05) is 7.05 Å². The van der Waals surface area contributed by atoms with Gasteiger partial charge in [-0.25, -0.2) is 4.63 Å². The Hall–Kier alpha value is -3.81. The van der Waals surface area contributed by atoms with E-state index in [-0.39, 0.29) is 43.1 Å². The minimum Gasteiger partial charge on any atom is -0.340 e. The number of aromatic nitrogens is 2. The van der Waals surface area contributed by atoms with Crippen LogP contribution in [-0.2, 0) is 26.3 Å². The standard InChI is InChI=1S/C26H26N4O4/c1-17-22(28-34-27-17)16-29(2)23(31)14-26(15-24(32)30(25(26)33)21-12-13-21)20-10-8-19(9-11-20)18-6-4-3-5-7-18/h3-11,21H,12-16H2,1-2H3/t26-/m1/s1. The molecule has 0 N–H and O–H groups in total. The van der Waals surface area contributed by atoms with Crippen LogP contribution in [0.5, 0.6) is 0 Å². The number of carbonyl (C=O) groups excluding carboxylic acids is 3. The van der Waals surface area contributed by atoms with Gasteiger partial charge in [0.15, 0.2) is 0 Å². The molecule has 0 radical (unpaired) electrons. The summed E-state index contributed by atoms with van der Waals surface area (Å²) in [6.45, 7) is 1.97. The van der Waals surface area contributed by atoms with Crippen LogP contribution in [0.4, 0.5) is 0 Å². The summed E-state index contributed by atoms with van der Waals surface area (Å²) in [5.41, 5.74) is 2.71. The second kappa shape index (κ2) is 8.52. The molecule has 0 bridgehead atoms. The van der Waals surface area contributed by atoms with Gasteiger partial charge in [0.2, 0.25) is 17.7 Å². The summed E-state index contributed by atoms with van der Waals surface area (Å²) >= 11 is 0. The van der Waals surface area contributed by atoms with Crippen molar-refractivity contribution in [3.8, 4) is 11.1 Å². The number of likely N-dealkylation sites (tertiary alicyclic amines) is 1. The second-order valence-corrected chi connectivity index (χ2v) is 9.23. The van der Waals surface area contributed by atoms with Gasteiger partial charge in [-0.2, -0.15) is 0 Å². The van der Waals surface area contributed by atoms with Crippen LogP contribution in [0.3, 0.4) is 0 Å². The highest BCUT2D eigenvalue weighted by atomic mass is 16.6. The highest BCUT2D eigenvalue weighted by Crippen LogP contribution is 2.44. The Kier molecular flexibility index (Phi) is 5.51. The number of rotatable bonds is 7. The minimum atomic E-state index is -1.21. The first-order valence-electron chi connectivity index (χ1n) is 11.4. The predicted octanol–water partition coefficient (Wildman–Crippen LogP) is 3.25. The molecule has 1 saturated carbocycles. The average molecular weight is 459 g/mol. The van der Waals surface area contributed by atoms with Gasteiger partial charge in [-0.05, 0) is 36.5 Å². The molecule has 8 heteroatoms. The third-order valence-electron chi connectivity index (χ3n) is 6.82. The van der Waals surface area contributed by atoms with Crippen LogP contribution in [0.2, 0.25) is 0 Å². The monoisotopic (exact) mass is 458 g/mol. The van der Waals surface area contributed by atoms with Crippen LogP contribution in [0.1, 0.15) is 42.6 Å². The highest BCUT2D eigenvalue weighted by Gasteiger charge is 2.57. The van der Waals surface area contributed by atoms with Crippen LogP contribution < -0.4 is 0 Å². The molecule has 3 aromatic rings. The Labute approximate surface area is 197 Å². The van der Waals surface area contributed by atoms with Crippen molar-refractivity contribution in [2.45, 2.75) is 50.6 Å². The lowest BCUT2D eigenvalue weighted by molar-refractivity contribution is -0.143. The molecule has 1 atom stereocenters. The van der Waals surface area contributed by atoms with E-state index >= 15 is 0 Å². The number of amides is 3. The molecule has 2 aromatic carbocycles. The Morgan fingerprint density at radius 1 is 1.06 bits per heavy atom. The fraction of sp³-hybridized carbons (Fsp3) is 0.346. The van der Waals surface area contributed by atoms with Crippen molar-refractivity contribution in [1.29, 1.82) is 0 Å². The second-order valence-electron chi connectivity index (χ2n) is 9.23. The normalized spacial score (nSPS) is 20.1. The van der Waals surface area contributed by atoms with Crippen molar-refractivity contribution in [1.82, 2.24) is 20.1 Å². The van der Waals surface area contributed by atoms with Crippen LogP contribution >= 0.6 is 0 Å². The van der Waals surface area contributed by atoms with Gasteiger partial charge in [0.1, 0.15) is 11.4 Å². The van der Waals surface area contributed by atoms with E-state index in [9.17, 15) is 14.4 Å². The SMILES string of the molecule is Cc1nonc1CN(C)C(=O)C[C@]1(c2ccc(-c3ccccc3)cc2)CC(=O)N(C2CC2)C1=O. The summed E-state index contributed by atoms with van der Waals surface area (Å²) in [6.07, 6.45) is 1.56. The highest BCUT2D eigenvalue weighted by molar-refractivity contribution is 6.11. The topological polar surface area (TPSA) is 96.6 Å². The fourth-order valence-electron chi connectivity index (χ4n) is 4.64. The van der Waals surface area contributed by atoms with Gasteiger partial charge >= 0.3 is 0 Å². The van der Waals surface area contributed by atoms with Gasteiger partial charge in [-0.3, -0.25) is 19.3 Å². The molecule has 2 fully saturated rings. The largest absolute Gasteiger partial charge is 0.340 e. The predicted molar refractivity (Wildman–Crippen MR) is 123 cm³/mol. The summed E-state index contributed by atoms with van der Waals surface area (Å²) in [6, 6.07) is 17.5. The number of carbonyl (C=O) groups is 3. The zero-order chi connectivity index (χ0) is 23.9. The van der Waals surface area contributed by atoms with E-state index in [2.05, 4.69) is 10.3 Å². The molecule has 0 unspecified atom stereocenters. The molecule has 8 nitrogen and oxygen atoms in total. The molecule has 3 amide bonds. The van der Waals surface area contributed by atoms with Gasteiger partial charge < -0.3 is 4.90 Å². The minimum absolute atomic E-state index is 0.00284. The summed E-state index contributed by atoms with van der Waals surface area (Å²) in [7, 11) is 1.66. The summed E-state index contributed by atoms with van der Waals surface area (Å²) in [5.74, 6) is -0.714. The van der Waals surface area contributed by atoms with Crippen LogP contribution in [-0.4, -0.2) is 50.9 Å². The van der Waals surface area contributed by atoms with E-state index in [0.717, 1.165) is 24.0 Å². The van der Waals surface area contributed by atoms with Gasteiger partial charge in [0.25, 0.3) is 0 Å². The van der Waals surface area contributed by atoms with E-state index in [1.165, 1.54) is 9.80 Å². The van der Waals surface area contributed by atoms with Crippen molar-refractivity contribution < 1.29 is 19.0 Å². The van der Waals surface area contributed by atoms with Gasteiger partial charge in [-0.1, -0.05) is 64.9 Å². The lowest BCUT2D eigenvalue weighted by Crippen LogP contribution is -2.43. The molecule has 2 heterocycles. The molecule has 1 saturated heterocycles. The molecule has 5 rings (SSSR count). The zero-order valence-corrected chi connectivity index (χ0v) is 19.2. The summed E-state index contributed by atoms with van der Waals surface area (Å²) in [5, 5.41) is 7.60. The maximum Gasteiger partial charge on any atom is 0.241 e. The van der Waals surface area contributed by atoms with Crippen molar-refractivity contribution >= 4 is 17.7 Å². The smallest absolute Gasteiger partial charge is 0.241 e. The third-order valence-corrected chi connectivity index (χ3v) is 6.82. The number of hydrogen-bond acceptors (Lipinski definition) is 6. The molecule has 1 aliphatic heterocycles. The number of imide groups is 1. The molecule has 1 aliphatic carbocycles. The molecule has 2 aliphatic rings. The number of aryl methyl sites for hydroxylation is 1. The molecule has 34 heavy (non-hydrogen) atoms. The lowest BCUT2D eigenvalue weighted by atomic mass is 9.75. The Bertz CT molecular complexity index is 1230. The molecular weight excluding hydrogens is 432 g/mol. The van der Waals surface area contributed by atoms with Crippen LogP contribution in [0.15, 0.2) is 59.2 Å². The first-order chi connectivity index (χ1) is 16.4. The van der Waals surface area contributed by atoms with E-state index in [1.807, 2.05) is 54.6 Å². The number of nitrogens with zero attached hydrogens (tertiary/aromatic N) is 4. The Morgan fingerprint density at radius 3 is 2.35 bits per heavy atom. The van der Waals surface area contributed by atoms with Crippen LogP contribution in [0, 0.1) is 6.92 Å². The fourth-order valence-corrected chi connectivity index (χ4v) is 4.64. The Balaban J connectivity index is 1.46. The first-order valence-corrected chi connectivity index (χ1v) is 11.4. The zero-order valence-electron chi connectivity index (χ0n) is 19.2. The molecule has 0 spiro atoms. The molecule has 174 valence electrons. The van der Waals surface area contributed by atoms with Gasteiger partial charge in [0.05, 0.1) is 12.0 Å². The van der Waals surface area contributed by atoms with Gasteiger partial charge in [-0.15, -0.1) is 0 Å². The van der Waals surface area contributed by atoms with E-state index in [0.29, 0.717) is 17.0 Å². The van der Waals surface area contributed by atoms with E-state index in [4.69, 9.17) is 4.63 Å². The van der Waals surface area contributed by atoms with Crippen molar-refractivity contribution in [2.24, 2.45) is 0 Å². The molecular formula is C26H26N4O4. The maximum absolute atomic E-state index is 13.7. The van der Waals surface area contributed by atoms with Crippen LogP contribution in [0.25, 0.3) is 11.1 Å². The number of hydrogen-bond donors (Lipinski definition) is 0. The number of benzene rings is 2. The average Bonchev–Trinajstić information content (AvgIpc) is 3.54. The summed E-state index contributed by atoms with van der Waals surface area (Å²) in [4.78, 5) is 42.9.